The molecule has 2 aromatic carbocycles. The Balaban J connectivity index is 2.89. The second-order valence-electron chi connectivity index (χ2n) is 4.55. The van der Waals surface area contributed by atoms with Gasteiger partial charge in [0.15, 0.2) is 11.5 Å². The molecule has 0 fully saturated rings. The molecular formula is C16H18O5. The maximum Gasteiger partial charge on any atom is 0.308 e. The third-order valence-electron chi connectivity index (χ3n) is 3.29. The predicted octanol–water partition coefficient (Wildman–Crippen LogP) is 3.05. The monoisotopic (exact) mass is 290 g/mol. The van der Waals surface area contributed by atoms with E-state index < -0.39 is 5.97 Å². The van der Waals surface area contributed by atoms with Gasteiger partial charge >= 0.3 is 5.97 Å². The highest BCUT2D eigenvalue weighted by atomic mass is 16.5. The average molecular weight is 290 g/mol. The summed E-state index contributed by atoms with van der Waals surface area (Å²) in [5.74, 6) is 0.937. The molecule has 21 heavy (non-hydrogen) atoms. The Bertz CT molecular complexity index is 691. The van der Waals surface area contributed by atoms with Crippen LogP contribution in [0.15, 0.2) is 18.2 Å². The van der Waals surface area contributed by atoms with E-state index in [1.54, 1.807) is 25.3 Å². The minimum absolute atomic E-state index is 0.0305. The van der Waals surface area contributed by atoms with E-state index in [0.29, 0.717) is 40.0 Å². The molecule has 2 rings (SSSR count). The third kappa shape index (κ3) is 2.59. The minimum atomic E-state index is -0.429. The van der Waals surface area contributed by atoms with Crippen LogP contribution in [0.3, 0.4) is 0 Å². The van der Waals surface area contributed by atoms with E-state index in [1.807, 2.05) is 6.92 Å². The number of aromatic hydroxyl groups is 1. The van der Waals surface area contributed by atoms with E-state index in [2.05, 4.69) is 0 Å². The number of ether oxygens (including phenoxy) is 3. The van der Waals surface area contributed by atoms with Crippen LogP contribution < -0.4 is 14.2 Å². The van der Waals surface area contributed by atoms with E-state index in [-0.39, 0.29) is 5.75 Å². The Morgan fingerprint density at radius 1 is 1.14 bits per heavy atom. The van der Waals surface area contributed by atoms with Crippen molar-refractivity contribution in [3.63, 3.8) is 0 Å². The molecule has 0 unspecified atom stereocenters. The number of rotatable bonds is 4. The molecule has 0 saturated carbocycles. The molecule has 0 saturated heterocycles. The summed E-state index contributed by atoms with van der Waals surface area (Å²) in [6, 6.07) is 5.16. The summed E-state index contributed by atoms with van der Waals surface area (Å²) in [4.78, 5) is 11.4. The number of phenols is 1. The van der Waals surface area contributed by atoms with Gasteiger partial charge in [-0.1, -0.05) is 6.92 Å². The van der Waals surface area contributed by atoms with E-state index in [0.717, 1.165) is 0 Å². The summed E-state index contributed by atoms with van der Waals surface area (Å²) < 4.78 is 15.8. The van der Waals surface area contributed by atoms with Gasteiger partial charge in [0.1, 0.15) is 11.5 Å². The van der Waals surface area contributed by atoms with Crippen LogP contribution in [-0.2, 0) is 11.2 Å². The number of benzene rings is 2. The van der Waals surface area contributed by atoms with Gasteiger partial charge in [0.25, 0.3) is 0 Å². The molecular weight excluding hydrogens is 272 g/mol. The Morgan fingerprint density at radius 2 is 1.86 bits per heavy atom. The average Bonchev–Trinajstić information content (AvgIpc) is 2.48. The molecule has 0 aliphatic carbocycles. The summed E-state index contributed by atoms with van der Waals surface area (Å²) in [5.41, 5.74) is 0.644. The Labute approximate surface area is 123 Å². The van der Waals surface area contributed by atoms with Crippen LogP contribution in [0.4, 0.5) is 0 Å². The van der Waals surface area contributed by atoms with E-state index in [1.165, 1.54) is 14.0 Å². The summed E-state index contributed by atoms with van der Waals surface area (Å²) in [6.07, 6.45) is 0.548. The molecule has 0 spiro atoms. The smallest absolute Gasteiger partial charge is 0.308 e. The summed E-state index contributed by atoms with van der Waals surface area (Å²) in [7, 11) is 3.03. The largest absolute Gasteiger partial charge is 0.504 e. The van der Waals surface area contributed by atoms with Crippen molar-refractivity contribution in [1.82, 2.24) is 0 Å². The van der Waals surface area contributed by atoms with E-state index in [4.69, 9.17) is 14.2 Å². The zero-order valence-electron chi connectivity index (χ0n) is 12.5. The van der Waals surface area contributed by atoms with Crippen molar-refractivity contribution in [3.8, 4) is 23.0 Å². The lowest BCUT2D eigenvalue weighted by atomic mass is 10.0. The van der Waals surface area contributed by atoms with Crippen LogP contribution in [0.25, 0.3) is 10.8 Å². The fourth-order valence-corrected chi connectivity index (χ4v) is 2.38. The van der Waals surface area contributed by atoms with Gasteiger partial charge in [-0.15, -0.1) is 0 Å². The number of carbonyl (C=O) groups excluding carboxylic acids is 1. The molecule has 0 bridgehead atoms. The lowest BCUT2D eigenvalue weighted by Gasteiger charge is -2.17. The number of esters is 1. The van der Waals surface area contributed by atoms with Gasteiger partial charge in [0, 0.05) is 23.3 Å². The van der Waals surface area contributed by atoms with Crippen LogP contribution >= 0.6 is 0 Å². The zero-order valence-corrected chi connectivity index (χ0v) is 12.5. The van der Waals surface area contributed by atoms with Gasteiger partial charge in [-0.3, -0.25) is 4.79 Å². The topological polar surface area (TPSA) is 65.0 Å². The molecule has 5 heteroatoms. The third-order valence-corrected chi connectivity index (χ3v) is 3.29. The standard InChI is InChI=1S/C16H18O5/c1-5-11-15(21-9(2)17)13-8-10(19-3)6-7-12(13)14(18)16(11)20-4/h6-8,18H,5H2,1-4H3. The van der Waals surface area contributed by atoms with Crippen molar-refractivity contribution in [2.75, 3.05) is 14.2 Å². The van der Waals surface area contributed by atoms with Crippen molar-refractivity contribution in [2.24, 2.45) is 0 Å². The highest BCUT2D eigenvalue weighted by molar-refractivity contribution is 5.99. The van der Waals surface area contributed by atoms with Crippen LogP contribution in [0, 0.1) is 0 Å². The second-order valence-corrected chi connectivity index (χ2v) is 4.55. The first-order chi connectivity index (χ1) is 10.0. The SMILES string of the molecule is CCc1c(OC)c(O)c2ccc(OC)cc2c1OC(C)=O. The quantitative estimate of drug-likeness (QED) is 0.692. The van der Waals surface area contributed by atoms with E-state index >= 15 is 0 Å². The minimum Gasteiger partial charge on any atom is -0.504 e. The number of fused-ring (bicyclic) bond motifs is 1. The van der Waals surface area contributed by atoms with Crippen molar-refractivity contribution >= 4 is 16.7 Å². The predicted molar refractivity (Wildman–Crippen MR) is 79.4 cm³/mol. The molecule has 5 nitrogen and oxygen atoms in total. The van der Waals surface area contributed by atoms with Gasteiger partial charge in [-0.2, -0.15) is 0 Å². The fourth-order valence-electron chi connectivity index (χ4n) is 2.38. The van der Waals surface area contributed by atoms with Gasteiger partial charge in [0.2, 0.25) is 0 Å². The highest BCUT2D eigenvalue weighted by Gasteiger charge is 2.21. The van der Waals surface area contributed by atoms with Crippen LogP contribution in [-0.4, -0.2) is 25.3 Å². The van der Waals surface area contributed by atoms with E-state index in [9.17, 15) is 9.90 Å². The van der Waals surface area contributed by atoms with Crippen molar-refractivity contribution in [1.29, 1.82) is 0 Å². The molecule has 0 heterocycles. The first-order valence-corrected chi connectivity index (χ1v) is 6.61. The number of hydrogen-bond donors (Lipinski definition) is 1. The number of methoxy groups -OCH3 is 2. The summed E-state index contributed by atoms with van der Waals surface area (Å²) in [6.45, 7) is 3.24. The van der Waals surface area contributed by atoms with Crippen molar-refractivity contribution in [3.05, 3.63) is 23.8 Å². The molecule has 0 radical (unpaired) electrons. The Kier molecular flexibility index (Phi) is 4.21. The summed E-state index contributed by atoms with van der Waals surface area (Å²) in [5, 5.41) is 11.5. The molecule has 0 amide bonds. The Morgan fingerprint density at radius 3 is 2.38 bits per heavy atom. The molecule has 0 atom stereocenters. The van der Waals surface area contributed by atoms with Crippen LogP contribution in [0.5, 0.6) is 23.0 Å². The fraction of sp³-hybridized carbons (Fsp3) is 0.312. The molecule has 0 aliphatic rings. The molecule has 0 aliphatic heterocycles. The van der Waals surface area contributed by atoms with Gasteiger partial charge in [0.05, 0.1) is 14.2 Å². The maximum absolute atomic E-state index is 11.4. The molecule has 112 valence electrons. The molecule has 2 aromatic rings. The van der Waals surface area contributed by atoms with Gasteiger partial charge in [-0.25, -0.2) is 0 Å². The van der Waals surface area contributed by atoms with Crippen LogP contribution in [0.1, 0.15) is 19.4 Å². The number of hydrogen-bond acceptors (Lipinski definition) is 5. The normalized spacial score (nSPS) is 10.5. The highest BCUT2D eigenvalue weighted by Crippen LogP contribution is 2.46. The maximum atomic E-state index is 11.4. The van der Waals surface area contributed by atoms with Crippen molar-refractivity contribution in [2.45, 2.75) is 20.3 Å². The first kappa shape index (κ1) is 15.0. The number of carbonyl (C=O) groups is 1. The summed E-state index contributed by atoms with van der Waals surface area (Å²) >= 11 is 0. The molecule has 0 aromatic heterocycles. The van der Waals surface area contributed by atoms with Crippen LogP contribution in [0.2, 0.25) is 0 Å². The lowest BCUT2D eigenvalue weighted by Crippen LogP contribution is -2.06. The van der Waals surface area contributed by atoms with Gasteiger partial charge < -0.3 is 19.3 Å². The van der Waals surface area contributed by atoms with Gasteiger partial charge in [-0.05, 0) is 24.6 Å². The van der Waals surface area contributed by atoms with Crippen molar-refractivity contribution < 1.29 is 24.1 Å². The first-order valence-electron chi connectivity index (χ1n) is 6.61. The number of phenolic OH excluding ortho intramolecular Hbond substituents is 1. The lowest BCUT2D eigenvalue weighted by molar-refractivity contribution is -0.131. The second kappa shape index (κ2) is 5.91. The zero-order chi connectivity index (χ0) is 15.6. The molecule has 1 N–H and O–H groups in total. The Hall–Kier alpha value is -2.43.